The minimum atomic E-state index is -1.11. The Morgan fingerprint density at radius 1 is 0.450 bits per heavy atom. The van der Waals surface area contributed by atoms with E-state index in [0.717, 1.165) is 43.4 Å². The predicted molar refractivity (Wildman–Crippen MR) is 170 cm³/mol. The lowest BCUT2D eigenvalue weighted by Gasteiger charge is -2.25. The molecule has 0 aromatic rings. The Labute approximate surface area is 248 Å². The largest absolute Gasteiger partial charge is 0.480 e. The van der Waals surface area contributed by atoms with E-state index in [1.54, 1.807) is 0 Å². The van der Waals surface area contributed by atoms with Crippen molar-refractivity contribution in [2.45, 2.75) is 207 Å². The topological polar surface area (TPSA) is 74.7 Å². The molecule has 0 rings (SSSR count). The molecule has 0 aliphatic rings. The SMILES string of the molecule is CCCCCCCCCCCCCCCC(=O)N(C(=O)CCCCCCCCCCCCCCC)C(C)C(=O)O. The van der Waals surface area contributed by atoms with Crippen molar-refractivity contribution in [1.82, 2.24) is 4.90 Å². The molecule has 0 radical (unpaired) electrons. The molecule has 0 spiro atoms. The number of rotatable bonds is 30. The monoisotopic (exact) mass is 566 g/mol. The van der Waals surface area contributed by atoms with Gasteiger partial charge in [-0.05, 0) is 19.8 Å². The highest BCUT2D eigenvalue weighted by Crippen LogP contribution is 2.16. The van der Waals surface area contributed by atoms with Crippen LogP contribution in [0.15, 0.2) is 0 Å². The van der Waals surface area contributed by atoms with Gasteiger partial charge in [-0.3, -0.25) is 14.5 Å². The zero-order valence-electron chi connectivity index (χ0n) is 27.0. The summed E-state index contributed by atoms with van der Waals surface area (Å²) in [5.74, 6) is -1.76. The van der Waals surface area contributed by atoms with Gasteiger partial charge in [0.05, 0.1) is 0 Å². The smallest absolute Gasteiger partial charge is 0.326 e. The maximum Gasteiger partial charge on any atom is 0.326 e. The Bertz CT molecular complexity index is 564. The summed E-state index contributed by atoms with van der Waals surface area (Å²) in [6, 6.07) is -1.09. The predicted octanol–water partition coefficient (Wildman–Crippen LogP) is 10.8. The number of amides is 2. The molecule has 1 N–H and O–H groups in total. The molecule has 5 heteroatoms. The summed E-state index contributed by atoms with van der Waals surface area (Å²) in [7, 11) is 0. The molecule has 0 aromatic heterocycles. The molecule has 0 aromatic carbocycles. The fourth-order valence-electron chi connectivity index (χ4n) is 5.51. The average molecular weight is 566 g/mol. The van der Waals surface area contributed by atoms with Gasteiger partial charge in [0.15, 0.2) is 0 Å². The molecule has 236 valence electrons. The van der Waals surface area contributed by atoms with E-state index in [2.05, 4.69) is 13.8 Å². The van der Waals surface area contributed by atoms with Gasteiger partial charge in [0.25, 0.3) is 0 Å². The minimum absolute atomic E-state index is 0.264. The summed E-state index contributed by atoms with van der Waals surface area (Å²) in [6.07, 6.45) is 32.5. The summed E-state index contributed by atoms with van der Waals surface area (Å²) in [4.78, 5) is 38.2. The van der Waals surface area contributed by atoms with Crippen molar-refractivity contribution in [2.75, 3.05) is 0 Å². The zero-order valence-corrected chi connectivity index (χ0v) is 27.0. The molecule has 5 nitrogen and oxygen atoms in total. The van der Waals surface area contributed by atoms with E-state index < -0.39 is 12.0 Å². The van der Waals surface area contributed by atoms with E-state index in [0.29, 0.717) is 0 Å². The van der Waals surface area contributed by atoms with Crippen LogP contribution in [0.3, 0.4) is 0 Å². The fourth-order valence-corrected chi connectivity index (χ4v) is 5.51. The quantitative estimate of drug-likeness (QED) is 0.0879. The maximum absolute atomic E-state index is 12.8. The molecule has 0 aliphatic carbocycles. The van der Waals surface area contributed by atoms with Gasteiger partial charge >= 0.3 is 5.97 Å². The summed E-state index contributed by atoms with van der Waals surface area (Å²) >= 11 is 0. The highest BCUT2D eigenvalue weighted by atomic mass is 16.4. The zero-order chi connectivity index (χ0) is 29.7. The van der Waals surface area contributed by atoms with Crippen molar-refractivity contribution in [3.8, 4) is 0 Å². The Kier molecular flexibility index (Phi) is 28.1. The number of carbonyl (C=O) groups excluding carboxylic acids is 2. The van der Waals surface area contributed by atoms with Gasteiger partial charge in [0.2, 0.25) is 11.8 Å². The van der Waals surface area contributed by atoms with Crippen LogP contribution in [0.5, 0.6) is 0 Å². The highest BCUT2D eigenvalue weighted by molar-refractivity contribution is 5.99. The molecule has 0 bridgehead atoms. The standard InChI is InChI=1S/C35H67NO4/c1-4-6-8-10-12-14-16-18-20-22-24-26-28-30-33(37)36(32(3)35(39)40)34(38)31-29-27-25-23-21-19-17-15-13-11-9-7-5-2/h32H,4-31H2,1-3H3,(H,39,40). The lowest BCUT2D eigenvalue weighted by atomic mass is 10.0. The van der Waals surface area contributed by atoms with Crippen molar-refractivity contribution in [3.05, 3.63) is 0 Å². The van der Waals surface area contributed by atoms with E-state index >= 15 is 0 Å². The van der Waals surface area contributed by atoms with Gasteiger partial charge < -0.3 is 5.11 Å². The van der Waals surface area contributed by atoms with Crippen LogP contribution in [-0.2, 0) is 14.4 Å². The number of carboxylic acids is 1. The Balaban J connectivity index is 3.96. The van der Waals surface area contributed by atoms with Gasteiger partial charge in [-0.2, -0.15) is 0 Å². The van der Waals surface area contributed by atoms with Crippen LogP contribution >= 0.6 is 0 Å². The van der Waals surface area contributed by atoms with Crippen molar-refractivity contribution in [3.63, 3.8) is 0 Å². The Hall–Kier alpha value is -1.39. The third-order valence-electron chi connectivity index (χ3n) is 8.27. The third kappa shape index (κ3) is 23.3. The number of aliphatic carboxylic acids is 1. The molecule has 0 heterocycles. The molecule has 0 fully saturated rings. The average Bonchev–Trinajstić information content (AvgIpc) is 2.93. The van der Waals surface area contributed by atoms with E-state index in [4.69, 9.17) is 0 Å². The van der Waals surface area contributed by atoms with Gasteiger partial charge in [0.1, 0.15) is 6.04 Å². The van der Waals surface area contributed by atoms with Crippen LogP contribution in [0.25, 0.3) is 0 Å². The first-order valence-electron chi connectivity index (χ1n) is 17.5. The number of nitrogens with zero attached hydrogens (tertiary/aromatic N) is 1. The Morgan fingerprint density at radius 3 is 0.900 bits per heavy atom. The lowest BCUT2D eigenvalue weighted by molar-refractivity contribution is -0.157. The number of hydrogen-bond donors (Lipinski definition) is 1. The first-order chi connectivity index (χ1) is 19.5. The molecule has 40 heavy (non-hydrogen) atoms. The van der Waals surface area contributed by atoms with Gasteiger partial charge in [-0.15, -0.1) is 0 Å². The molecule has 1 atom stereocenters. The number of hydrogen-bond acceptors (Lipinski definition) is 3. The van der Waals surface area contributed by atoms with Crippen LogP contribution in [0.1, 0.15) is 201 Å². The second kappa shape index (κ2) is 29.1. The van der Waals surface area contributed by atoms with Crippen LogP contribution < -0.4 is 0 Å². The number of unbranched alkanes of at least 4 members (excludes halogenated alkanes) is 24. The third-order valence-corrected chi connectivity index (χ3v) is 8.27. The van der Waals surface area contributed by atoms with Crippen molar-refractivity contribution in [1.29, 1.82) is 0 Å². The van der Waals surface area contributed by atoms with Crippen molar-refractivity contribution < 1.29 is 19.5 Å². The van der Waals surface area contributed by atoms with Crippen LogP contribution in [-0.4, -0.2) is 33.8 Å². The second-order valence-electron chi connectivity index (χ2n) is 12.2. The van der Waals surface area contributed by atoms with E-state index in [9.17, 15) is 19.5 Å². The number of carbonyl (C=O) groups is 3. The van der Waals surface area contributed by atoms with E-state index in [1.807, 2.05) is 0 Å². The minimum Gasteiger partial charge on any atom is -0.480 e. The van der Waals surface area contributed by atoms with Gasteiger partial charge in [-0.25, -0.2) is 4.79 Å². The van der Waals surface area contributed by atoms with E-state index in [-0.39, 0.29) is 24.7 Å². The molecular formula is C35H67NO4. The second-order valence-corrected chi connectivity index (χ2v) is 12.2. The lowest BCUT2D eigenvalue weighted by Crippen LogP contribution is -2.47. The number of imide groups is 1. The maximum atomic E-state index is 12.8. The summed E-state index contributed by atoms with van der Waals surface area (Å²) in [6.45, 7) is 5.96. The van der Waals surface area contributed by atoms with Crippen LogP contribution in [0, 0.1) is 0 Å². The van der Waals surface area contributed by atoms with E-state index in [1.165, 1.54) is 135 Å². The molecule has 2 amide bonds. The first kappa shape index (κ1) is 38.6. The molecular weight excluding hydrogens is 498 g/mol. The molecule has 1 unspecified atom stereocenters. The molecule has 0 saturated carbocycles. The Morgan fingerprint density at radius 2 is 0.675 bits per heavy atom. The number of carboxylic acid groups (broad SMARTS) is 1. The summed E-state index contributed by atoms with van der Waals surface area (Å²) < 4.78 is 0. The first-order valence-corrected chi connectivity index (χ1v) is 17.5. The van der Waals surface area contributed by atoms with Crippen molar-refractivity contribution in [2.24, 2.45) is 0 Å². The summed E-state index contributed by atoms with van der Waals surface area (Å²) in [5, 5.41) is 9.47. The van der Waals surface area contributed by atoms with Gasteiger partial charge in [-0.1, -0.05) is 168 Å². The van der Waals surface area contributed by atoms with Crippen molar-refractivity contribution >= 4 is 17.8 Å². The summed E-state index contributed by atoms with van der Waals surface area (Å²) in [5.41, 5.74) is 0. The fraction of sp³-hybridized carbons (Fsp3) is 0.914. The van der Waals surface area contributed by atoms with Crippen LogP contribution in [0.2, 0.25) is 0 Å². The van der Waals surface area contributed by atoms with Gasteiger partial charge in [0, 0.05) is 12.8 Å². The molecule has 0 saturated heterocycles. The normalized spacial score (nSPS) is 12.0. The van der Waals surface area contributed by atoms with Crippen LogP contribution in [0.4, 0.5) is 0 Å². The highest BCUT2D eigenvalue weighted by Gasteiger charge is 2.30. The molecule has 0 aliphatic heterocycles.